The normalized spacial score (nSPS) is 14.1. The molecule has 0 bridgehead atoms. The smallest absolute Gasteiger partial charge is 0.234 e. The van der Waals surface area contributed by atoms with Crippen LogP contribution in [0.5, 0.6) is 11.5 Å². The van der Waals surface area contributed by atoms with Gasteiger partial charge in [-0.3, -0.25) is 4.40 Å². The number of hydrogen-bond donors (Lipinski definition) is 0. The van der Waals surface area contributed by atoms with Gasteiger partial charge < -0.3 is 9.47 Å². The molecule has 6 heteroatoms. The van der Waals surface area contributed by atoms with E-state index < -0.39 is 0 Å². The summed E-state index contributed by atoms with van der Waals surface area (Å²) in [7, 11) is 0. The highest BCUT2D eigenvalue weighted by Crippen LogP contribution is 2.33. The Hall–Kier alpha value is -2.08. The highest BCUT2D eigenvalue weighted by Gasteiger charge is 2.13. The van der Waals surface area contributed by atoms with Gasteiger partial charge in [-0.2, -0.15) is 0 Å². The molecule has 0 unspecified atom stereocenters. The summed E-state index contributed by atoms with van der Waals surface area (Å²) in [6.07, 6.45) is 6.52. The Bertz CT molecular complexity index is 816. The summed E-state index contributed by atoms with van der Waals surface area (Å²) >= 11 is 3.41. The third-order valence-electron chi connectivity index (χ3n) is 3.32. The zero-order chi connectivity index (χ0) is 14.2. The van der Waals surface area contributed by atoms with Crippen molar-refractivity contribution >= 4 is 21.7 Å². The van der Waals surface area contributed by atoms with Crippen LogP contribution < -0.4 is 9.47 Å². The van der Waals surface area contributed by atoms with Crippen molar-refractivity contribution in [3.05, 3.63) is 41.3 Å². The molecule has 0 N–H and O–H groups in total. The number of ether oxygens (including phenoxy) is 2. The first-order chi connectivity index (χ1) is 10.3. The maximum absolute atomic E-state index is 5.72. The fourth-order valence-corrected chi connectivity index (χ4v) is 2.64. The predicted octanol–water partition coefficient (Wildman–Crippen LogP) is 3.32. The Morgan fingerprint density at radius 3 is 2.86 bits per heavy atom. The average Bonchev–Trinajstić information content (AvgIpc) is 2.76. The van der Waals surface area contributed by atoms with E-state index in [1.165, 1.54) is 0 Å². The molecule has 0 amide bonds. The van der Waals surface area contributed by atoms with E-state index in [1.807, 2.05) is 35.0 Å². The summed E-state index contributed by atoms with van der Waals surface area (Å²) in [5.41, 5.74) is 1.84. The Morgan fingerprint density at radius 1 is 1.10 bits per heavy atom. The van der Waals surface area contributed by atoms with Crippen molar-refractivity contribution in [2.45, 2.75) is 6.42 Å². The van der Waals surface area contributed by atoms with E-state index in [2.05, 4.69) is 25.9 Å². The fraction of sp³-hybridized carbons (Fsp3) is 0.200. The second-order valence-electron chi connectivity index (χ2n) is 4.82. The van der Waals surface area contributed by atoms with E-state index in [9.17, 15) is 0 Å². The van der Waals surface area contributed by atoms with Gasteiger partial charge in [0, 0.05) is 30.6 Å². The maximum atomic E-state index is 5.72. The van der Waals surface area contributed by atoms with Crippen LogP contribution in [0.3, 0.4) is 0 Å². The third-order valence-corrected chi connectivity index (χ3v) is 3.73. The molecule has 1 aliphatic rings. The molecular weight excluding hydrogens is 334 g/mol. The lowest BCUT2D eigenvalue weighted by molar-refractivity contribution is 0.297. The number of benzene rings is 1. The minimum absolute atomic E-state index is 0.667. The van der Waals surface area contributed by atoms with Crippen molar-refractivity contribution in [2.24, 2.45) is 0 Å². The molecule has 21 heavy (non-hydrogen) atoms. The molecular formula is C15H12BrN3O2. The lowest BCUT2D eigenvalue weighted by atomic mass is 10.1. The molecule has 0 atom stereocenters. The van der Waals surface area contributed by atoms with E-state index in [0.717, 1.165) is 33.6 Å². The van der Waals surface area contributed by atoms with Gasteiger partial charge in [0.05, 0.1) is 23.4 Å². The zero-order valence-corrected chi connectivity index (χ0v) is 12.7. The number of imidazole rings is 1. The topological polar surface area (TPSA) is 48.7 Å². The van der Waals surface area contributed by atoms with Gasteiger partial charge in [0.1, 0.15) is 0 Å². The van der Waals surface area contributed by atoms with Crippen LogP contribution in [-0.4, -0.2) is 27.6 Å². The van der Waals surface area contributed by atoms with Gasteiger partial charge in [0.15, 0.2) is 11.5 Å². The standard InChI is InChI=1S/C15H12BrN3O2/c16-11-7-17-15-18-12(9-19(15)8-11)10-2-3-13-14(6-10)21-5-1-4-20-13/h2-3,6-9H,1,4-5H2. The van der Waals surface area contributed by atoms with Gasteiger partial charge >= 0.3 is 0 Å². The van der Waals surface area contributed by atoms with Gasteiger partial charge in [-0.15, -0.1) is 0 Å². The molecule has 106 valence electrons. The van der Waals surface area contributed by atoms with Crippen LogP contribution in [0.1, 0.15) is 6.42 Å². The van der Waals surface area contributed by atoms with Crippen LogP contribution in [0.2, 0.25) is 0 Å². The Kier molecular flexibility index (Phi) is 3.03. The van der Waals surface area contributed by atoms with Crippen molar-refractivity contribution in [1.29, 1.82) is 0 Å². The number of rotatable bonds is 1. The van der Waals surface area contributed by atoms with Crippen LogP contribution in [-0.2, 0) is 0 Å². The van der Waals surface area contributed by atoms with E-state index in [-0.39, 0.29) is 0 Å². The Labute approximate surface area is 129 Å². The summed E-state index contributed by atoms with van der Waals surface area (Å²) < 4.78 is 14.2. The van der Waals surface area contributed by atoms with Crippen molar-refractivity contribution < 1.29 is 9.47 Å². The van der Waals surface area contributed by atoms with Gasteiger partial charge in [0.25, 0.3) is 0 Å². The number of nitrogens with zero attached hydrogens (tertiary/aromatic N) is 3. The largest absolute Gasteiger partial charge is 0.490 e. The molecule has 4 rings (SSSR count). The minimum atomic E-state index is 0.667. The molecule has 3 heterocycles. The van der Waals surface area contributed by atoms with Gasteiger partial charge in [-0.25, -0.2) is 9.97 Å². The molecule has 0 radical (unpaired) electrons. The summed E-state index contributed by atoms with van der Waals surface area (Å²) in [4.78, 5) is 8.81. The molecule has 0 aliphatic carbocycles. The first kappa shape index (κ1) is 12.6. The van der Waals surface area contributed by atoms with Crippen LogP contribution in [0.4, 0.5) is 0 Å². The Morgan fingerprint density at radius 2 is 1.95 bits per heavy atom. The van der Waals surface area contributed by atoms with Gasteiger partial charge in [-0.1, -0.05) is 0 Å². The van der Waals surface area contributed by atoms with Gasteiger partial charge in [-0.05, 0) is 34.1 Å². The zero-order valence-electron chi connectivity index (χ0n) is 11.1. The molecule has 3 aromatic rings. The number of hydrogen-bond acceptors (Lipinski definition) is 4. The van der Waals surface area contributed by atoms with Crippen molar-refractivity contribution in [1.82, 2.24) is 14.4 Å². The fourth-order valence-electron chi connectivity index (χ4n) is 2.32. The summed E-state index contributed by atoms with van der Waals surface area (Å²) in [6.45, 7) is 1.37. The average molecular weight is 346 g/mol. The quantitative estimate of drug-likeness (QED) is 0.678. The monoisotopic (exact) mass is 345 g/mol. The first-order valence-electron chi connectivity index (χ1n) is 6.70. The minimum Gasteiger partial charge on any atom is -0.490 e. The molecule has 5 nitrogen and oxygen atoms in total. The lowest BCUT2D eigenvalue weighted by Gasteiger charge is -2.07. The van der Waals surface area contributed by atoms with Crippen LogP contribution in [0, 0.1) is 0 Å². The second-order valence-corrected chi connectivity index (χ2v) is 5.73. The Balaban J connectivity index is 1.79. The summed E-state index contributed by atoms with van der Waals surface area (Å²) in [5, 5.41) is 0. The van der Waals surface area contributed by atoms with Crippen molar-refractivity contribution in [2.75, 3.05) is 13.2 Å². The molecule has 2 aromatic heterocycles. The molecule has 1 aliphatic heterocycles. The van der Waals surface area contributed by atoms with Crippen molar-refractivity contribution in [3.8, 4) is 22.8 Å². The van der Waals surface area contributed by atoms with E-state index in [1.54, 1.807) is 6.20 Å². The van der Waals surface area contributed by atoms with Crippen LogP contribution in [0.15, 0.2) is 41.3 Å². The van der Waals surface area contributed by atoms with E-state index in [4.69, 9.17) is 9.47 Å². The number of halogens is 1. The molecule has 0 saturated heterocycles. The SMILES string of the molecule is Brc1cnc2nc(-c3ccc4c(c3)OCCCO4)cn2c1. The van der Waals surface area contributed by atoms with Crippen LogP contribution >= 0.6 is 15.9 Å². The van der Waals surface area contributed by atoms with Gasteiger partial charge in [0.2, 0.25) is 5.78 Å². The molecule has 0 spiro atoms. The third kappa shape index (κ3) is 2.35. The predicted molar refractivity (Wildman–Crippen MR) is 81.7 cm³/mol. The highest BCUT2D eigenvalue weighted by atomic mass is 79.9. The first-order valence-corrected chi connectivity index (χ1v) is 7.49. The second kappa shape index (κ2) is 5.04. The van der Waals surface area contributed by atoms with Crippen LogP contribution in [0.25, 0.3) is 17.0 Å². The van der Waals surface area contributed by atoms with E-state index in [0.29, 0.717) is 19.0 Å². The molecule has 0 saturated carbocycles. The summed E-state index contributed by atoms with van der Waals surface area (Å²) in [6, 6.07) is 5.89. The maximum Gasteiger partial charge on any atom is 0.234 e. The number of fused-ring (bicyclic) bond motifs is 2. The van der Waals surface area contributed by atoms with E-state index >= 15 is 0 Å². The highest BCUT2D eigenvalue weighted by molar-refractivity contribution is 9.10. The molecule has 1 aromatic carbocycles. The molecule has 0 fully saturated rings. The number of aromatic nitrogens is 3. The summed E-state index contributed by atoms with van der Waals surface area (Å²) in [5.74, 6) is 2.23. The van der Waals surface area contributed by atoms with Crippen molar-refractivity contribution in [3.63, 3.8) is 0 Å². The lowest BCUT2D eigenvalue weighted by Crippen LogP contribution is -1.97.